The predicted molar refractivity (Wildman–Crippen MR) is 58.4 cm³/mol. The molecule has 1 amide bonds. The Morgan fingerprint density at radius 3 is 2.69 bits per heavy atom. The third kappa shape index (κ3) is 2.38. The molecule has 5 nitrogen and oxygen atoms in total. The quantitative estimate of drug-likeness (QED) is 0.870. The van der Waals surface area contributed by atoms with E-state index in [1.807, 2.05) is 0 Å². The van der Waals surface area contributed by atoms with Crippen LogP contribution in [0.1, 0.15) is 16.3 Å². The van der Waals surface area contributed by atoms with Gasteiger partial charge in [0.1, 0.15) is 5.76 Å². The number of carbonyl (C=O) groups excluding carboxylic acids is 1. The summed E-state index contributed by atoms with van der Waals surface area (Å²) in [6, 6.07) is 6.40. The summed E-state index contributed by atoms with van der Waals surface area (Å²) in [6.45, 7) is 1.76. The largest absolute Gasteiger partial charge is 0.456 e. The molecule has 0 fully saturated rings. The first-order valence-electron chi connectivity index (χ1n) is 4.52. The minimum atomic E-state index is -0.371. The third-order valence-corrected chi connectivity index (χ3v) is 2.04. The molecule has 0 aliphatic heterocycles. The van der Waals surface area contributed by atoms with Crippen molar-refractivity contribution in [1.82, 2.24) is 10.2 Å². The van der Waals surface area contributed by atoms with Gasteiger partial charge in [0.2, 0.25) is 0 Å². The first-order chi connectivity index (χ1) is 7.65. The van der Waals surface area contributed by atoms with Crippen LogP contribution in [0.25, 0.3) is 0 Å². The molecule has 2 rings (SSSR count). The summed E-state index contributed by atoms with van der Waals surface area (Å²) in [5, 5.41) is 10.1. The van der Waals surface area contributed by atoms with Crippen LogP contribution < -0.4 is 5.32 Å². The Bertz CT molecular complexity index is 507. The van der Waals surface area contributed by atoms with E-state index in [9.17, 15) is 4.79 Å². The van der Waals surface area contributed by atoms with Crippen molar-refractivity contribution >= 4 is 23.3 Å². The number of hydrogen-bond acceptors (Lipinski definition) is 4. The number of furan rings is 1. The van der Waals surface area contributed by atoms with Gasteiger partial charge in [-0.25, -0.2) is 0 Å². The van der Waals surface area contributed by atoms with Crippen LogP contribution in [0.4, 0.5) is 5.82 Å². The van der Waals surface area contributed by atoms with Crippen molar-refractivity contribution in [1.29, 1.82) is 0 Å². The fourth-order valence-corrected chi connectivity index (χ4v) is 1.22. The number of amides is 1. The Kier molecular flexibility index (Phi) is 2.87. The number of nitrogens with zero attached hydrogens (tertiary/aromatic N) is 2. The van der Waals surface area contributed by atoms with Crippen LogP contribution in [0.3, 0.4) is 0 Å². The van der Waals surface area contributed by atoms with Gasteiger partial charge in [-0.2, -0.15) is 0 Å². The molecule has 0 bridgehead atoms. The summed E-state index contributed by atoms with van der Waals surface area (Å²) >= 11 is 5.56. The Balaban J connectivity index is 2.10. The number of carbonyl (C=O) groups is 1. The number of nitrogens with one attached hydrogen (secondary N) is 1. The Labute approximate surface area is 96.4 Å². The van der Waals surface area contributed by atoms with Gasteiger partial charge in [-0.3, -0.25) is 4.79 Å². The third-order valence-electron chi connectivity index (χ3n) is 1.84. The molecule has 0 saturated carbocycles. The highest BCUT2D eigenvalue weighted by Crippen LogP contribution is 2.10. The average Bonchev–Trinajstić information content (AvgIpc) is 2.68. The van der Waals surface area contributed by atoms with Gasteiger partial charge in [-0.15, -0.1) is 10.2 Å². The van der Waals surface area contributed by atoms with E-state index in [-0.39, 0.29) is 16.8 Å². The number of anilines is 1. The van der Waals surface area contributed by atoms with Gasteiger partial charge >= 0.3 is 0 Å². The summed E-state index contributed by atoms with van der Waals surface area (Å²) in [5.74, 6) is 0.856. The second-order valence-electron chi connectivity index (χ2n) is 3.11. The van der Waals surface area contributed by atoms with Gasteiger partial charge in [0.05, 0.1) is 0 Å². The zero-order valence-corrected chi connectivity index (χ0v) is 9.15. The van der Waals surface area contributed by atoms with Crippen LogP contribution in [0.5, 0.6) is 0 Å². The molecule has 0 atom stereocenters. The van der Waals surface area contributed by atoms with Crippen molar-refractivity contribution in [3.8, 4) is 0 Å². The molecule has 6 heteroatoms. The minimum absolute atomic E-state index is 0.231. The maximum atomic E-state index is 11.6. The Morgan fingerprint density at radius 1 is 1.31 bits per heavy atom. The predicted octanol–water partition coefficient (Wildman–Crippen LogP) is 2.28. The highest BCUT2D eigenvalue weighted by molar-refractivity contribution is 6.29. The molecule has 0 saturated heterocycles. The van der Waals surface area contributed by atoms with E-state index < -0.39 is 0 Å². The molecule has 0 aliphatic rings. The molecule has 2 aromatic rings. The number of hydrogen-bond donors (Lipinski definition) is 1. The lowest BCUT2D eigenvalue weighted by Gasteiger charge is -2.00. The normalized spacial score (nSPS) is 10.1. The van der Waals surface area contributed by atoms with Crippen molar-refractivity contribution < 1.29 is 9.21 Å². The van der Waals surface area contributed by atoms with E-state index in [2.05, 4.69) is 15.5 Å². The lowest BCUT2D eigenvalue weighted by Crippen LogP contribution is -2.12. The van der Waals surface area contributed by atoms with Gasteiger partial charge in [0.15, 0.2) is 16.7 Å². The van der Waals surface area contributed by atoms with Gasteiger partial charge in [-0.1, -0.05) is 11.6 Å². The summed E-state index contributed by atoms with van der Waals surface area (Å²) in [6.07, 6.45) is 0. The Hall–Kier alpha value is -1.88. The topological polar surface area (TPSA) is 68.0 Å². The summed E-state index contributed by atoms with van der Waals surface area (Å²) in [4.78, 5) is 11.6. The average molecular weight is 238 g/mol. The highest BCUT2D eigenvalue weighted by Gasteiger charge is 2.10. The second kappa shape index (κ2) is 4.32. The highest BCUT2D eigenvalue weighted by atomic mass is 35.5. The molecule has 0 radical (unpaired) electrons. The standard InChI is InChI=1S/C10H8ClN3O2/c1-6-2-3-7(16-6)10(15)12-9-5-4-8(11)13-14-9/h2-5H,1H3,(H,12,14,15). The Morgan fingerprint density at radius 2 is 2.12 bits per heavy atom. The van der Waals surface area contributed by atoms with Crippen LogP contribution in [-0.2, 0) is 0 Å². The SMILES string of the molecule is Cc1ccc(C(=O)Nc2ccc(Cl)nn2)o1. The summed E-state index contributed by atoms with van der Waals surface area (Å²) in [5.41, 5.74) is 0. The van der Waals surface area contributed by atoms with Crippen LogP contribution in [0.15, 0.2) is 28.7 Å². The van der Waals surface area contributed by atoms with Gasteiger partial charge in [0, 0.05) is 0 Å². The molecule has 0 aliphatic carbocycles. The summed E-state index contributed by atoms with van der Waals surface area (Å²) in [7, 11) is 0. The maximum absolute atomic E-state index is 11.6. The van der Waals surface area contributed by atoms with Gasteiger partial charge in [-0.05, 0) is 31.2 Å². The van der Waals surface area contributed by atoms with Crippen LogP contribution in [0, 0.1) is 6.92 Å². The van der Waals surface area contributed by atoms with Crippen molar-refractivity contribution in [2.75, 3.05) is 5.32 Å². The van der Waals surface area contributed by atoms with E-state index >= 15 is 0 Å². The second-order valence-corrected chi connectivity index (χ2v) is 3.49. The van der Waals surface area contributed by atoms with E-state index in [0.29, 0.717) is 11.6 Å². The number of rotatable bonds is 2. The molecule has 82 valence electrons. The fourth-order valence-electron chi connectivity index (χ4n) is 1.12. The minimum Gasteiger partial charge on any atom is -0.456 e. The number of aromatic nitrogens is 2. The fraction of sp³-hybridized carbons (Fsp3) is 0.100. The maximum Gasteiger partial charge on any atom is 0.292 e. The molecule has 16 heavy (non-hydrogen) atoms. The van der Waals surface area contributed by atoms with Crippen molar-refractivity contribution in [2.24, 2.45) is 0 Å². The first kappa shape index (κ1) is 10.6. The van der Waals surface area contributed by atoms with E-state index in [4.69, 9.17) is 16.0 Å². The molecule has 2 aromatic heterocycles. The number of aryl methyl sites for hydroxylation is 1. The van der Waals surface area contributed by atoms with Gasteiger partial charge in [0.25, 0.3) is 5.91 Å². The monoisotopic (exact) mass is 237 g/mol. The lowest BCUT2D eigenvalue weighted by atomic mass is 10.4. The lowest BCUT2D eigenvalue weighted by molar-refractivity contribution is 0.0995. The molecule has 0 unspecified atom stereocenters. The molecular formula is C10H8ClN3O2. The molecule has 0 aromatic carbocycles. The molecule has 0 spiro atoms. The molecule has 2 heterocycles. The van der Waals surface area contributed by atoms with Crippen LogP contribution in [-0.4, -0.2) is 16.1 Å². The van der Waals surface area contributed by atoms with E-state index in [1.165, 1.54) is 6.07 Å². The molecule has 1 N–H and O–H groups in total. The van der Waals surface area contributed by atoms with Gasteiger partial charge < -0.3 is 9.73 Å². The smallest absolute Gasteiger partial charge is 0.292 e. The summed E-state index contributed by atoms with van der Waals surface area (Å²) < 4.78 is 5.15. The zero-order chi connectivity index (χ0) is 11.5. The van der Waals surface area contributed by atoms with E-state index in [0.717, 1.165) is 0 Å². The number of halogens is 1. The van der Waals surface area contributed by atoms with Crippen molar-refractivity contribution in [3.63, 3.8) is 0 Å². The zero-order valence-electron chi connectivity index (χ0n) is 8.40. The van der Waals surface area contributed by atoms with Crippen LogP contribution in [0.2, 0.25) is 5.15 Å². The molecular weight excluding hydrogens is 230 g/mol. The first-order valence-corrected chi connectivity index (χ1v) is 4.90. The van der Waals surface area contributed by atoms with E-state index in [1.54, 1.807) is 25.1 Å². The van der Waals surface area contributed by atoms with Crippen molar-refractivity contribution in [2.45, 2.75) is 6.92 Å². The van der Waals surface area contributed by atoms with Crippen LogP contribution >= 0.6 is 11.6 Å². The van der Waals surface area contributed by atoms with Crippen molar-refractivity contribution in [3.05, 3.63) is 40.9 Å².